The number of benzene rings is 2. The van der Waals surface area contributed by atoms with Gasteiger partial charge >= 0.3 is 21.9 Å². The molecule has 0 aromatic heterocycles. The van der Waals surface area contributed by atoms with Gasteiger partial charge in [-0.05, 0) is 36.4 Å². The third-order valence-electron chi connectivity index (χ3n) is 2.99. The first kappa shape index (κ1) is 19.4. The predicted octanol–water partition coefficient (Wildman–Crippen LogP) is 1.03. The second-order valence-electron chi connectivity index (χ2n) is 5.08. The zero-order valence-corrected chi connectivity index (χ0v) is 15.0. The molecule has 2 amide bonds. The molecule has 26 heavy (non-hydrogen) atoms. The molecular weight excluding hydrogens is 382 g/mol. The fraction of sp³-hybridized carbons (Fsp3) is 0.0625. The molecule has 0 atom stereocenters. The van der Waals surface area contributed by atoms with E-state index in [-0.39, 0.29) is 5.75 Å². The molecule has 0 saturated carbocycles. The molecule has 0 aliphatic rings. The van der Waals surface area contributed by atoms with Crippen molar-refractivity contribution in [1.29, 1.82) is 0 Å². The SMILES string of the molecule is CS(=O)(=O)Oc1ccc(/C(=N/NC(=O)C(N)=O)c2ccc(Cl)cc2)cc1. The summed E-state index contributed by atoms with van der Waals surface area (Å²) < 4.78 is 27.1. The monoisotopic (exact) mass is 395 g/mol. The number of nitrogens with zero attached hydrogens (tertiary/aromatic N) is 1. The Balaban J connectivity index is 2.40. The van der Waals surface area contributed by atoms with E-state index in [4.69, 9.17) is 21.5 Å². The van der Waals surface area contributed by atoms with E-state index in [1.54, 1.807) is 36.4 Å². The molecule has 0 fully saturated rings. The molecule has 0 aliphatic carbocycles. The van der Waals surface area contributed by atoms with Crippen LogP contribution in [-0.4, -0.2) is 32.2 Å². The van der Waals surface area contributed by atoms with Gasteiger partial charge in [-0.2, -0.15) is 13.5 Å². The summed E-state index contributed by atoms with van der Waals surface area (Å²) in [6, 6.07) is 12.5. The normalized spacial score (nSPS) is 11.7. The van der Waals surface area contributed by atoms with Crippen LogP contribution < -0.4 is 15.3 Å². The summed E-state index contributed by atoms with van der Waals surface area (Å²) in [4.78, 5) is 22.2. The minimum Gasteiger partial charge on any atom is -0.383 e. The first-order chi connectivity index (χ1) is 12.2. The van der Waals surface area contributed by atoms with E-state index >= 15 is 0 Å². The third kappa shape index (κ3) is 5.57. The molecule has 0 unspecified atom stereocenters. The number of hydrogen-bond donors (Lipinski definition) is 2. The number of carbonyl (C=O) groups is 2. The molecule has 8 nitrogen and oxygen atoms in total. The Morgan fingerprint density at radius 2 is 1.54 bits per heavy atom. The van der Waals surface area contributed by atoms with Crippen LogP contribution in [0.2, 0.25) is 5.02 Å². The first-order valence-electron chi connectivity index (χ1n) is 7.09. The molecular formula is C16H14ClN3O5S. The van der Waals surface area contributed by atoms with E-state index in [2.05, 4.69) is 10.5 Å². The topological polar surface area (TPSA) is 128 Å². The Hall–Kier alpha value is -2.91. The lowest BCUT2D eigenvalue weighted by Crippen LogP contribution is -2.33. The summed E-state index contributed by atoms with van der Waals surface area (Å²) in [5.41, 5.74) is 8.37. The quantitative estimate of drug-likeness (QED) is 0.338. The maximum atomic E-state index is 11.4. The maximum absolute atomic E-state index is 11.4. The fourth-order valence-electron chi connectivity index (χ4n) is 1.91. The highest BCUT2D eigenvalue weighted by Gasteiger charge is 2.12. The molecule has 10 heteroatoms. The Labute approximate surface area is 154 Å². The number of halogens is 1. The Bertz CT molecular complexity index is 954. The fourth-order valence-corrected chi connectivity index (χ4v) is 2.50. The molecule has 2 rings (SSSR count). The van der Waals surface area contributed by atoms with Crippen molar-refractivity contribution < 1.29 is 22.2 Å². The number of primary amides is 1. The average molecular weight is 396 g/mol. The molecule has 3 N–H and O–H groups in total. The summed E-state index contributed by atoms with van der Waals surface area (Å²) in [5.74, 6) is -2.14. The van der Waals surface area contributed by atoms with Crippen molar-refractivity contribution >= 4 is 39.2 Å². The molecule has 0 saturated heterocycles. The zero-order valence-electron chi connectivity index (χ0n) is 13.5. The van der Waals surface area contributed by atoms with Gasteiger partial charge in [-0.3, -0.25) is 9.59 Å². The van der Waals surface area contributed by atoms with Gasteiger partial charge in [0.25, 0.3) is 0 Å². The van der Waals surface area contributed by atoms with Crippen LogP contribution in [0.5, 0.6) is 5.75 Å². The van der Waals surface area contributed by atoms with Gasteiger partial charge in [0.05, 0.1) is 12.0 Å². The molecule has 2 aromatic carbocycles. The molecule has 0 heterocycles. The summed E-state index contributed by atoms with van der Waals surface area (Å²) in [5, 5.41) is 4.44. The molecule has 2 aromatic rings. The lowest BCUT2D eigenvalue weighted by atomic mass is 10.0. The van der Waals surface area contributed by atoms with Crippen LogP contribution in [0.25, 0.3) is 0 Å². The van der Waals surface area contributed by atoms with Crippen molar-refractivity contribution in [3.63, 3.8) is 0 Å². The van der Waals surface area contributed by atoms with Crippen LogP contribution in [0.3, 0.4) is 0 Å². The summed E-state index contributed by atoms with van der Waals surface area (Å²) >= 11 is 5.87. The van der Waals surface area contributed by atoms with Crippen LogP contribution in [0.4, 0.5) is 0 Å². The van der Waals surface area contributed by atoms with E-state index in [9.17, 15) is 18.0 Å². The van der Waals surface area contributed by atoms with Gasteiger partial charge in [-0.25, -0.2) is 5.43 Å². The smallest absolute Gasteiger partial charge is 0.329 e. The second kappa shape index (κ2) is 7.98. The van der Waals surface area contributed by atoms with E-state index in [1.807, 2.05) is 0 Å². The van der Waals surface area contributed by atoms with Gasteiger partial charge in [0.15, 0.2) is 0 Å². The Morgan fingerprint density at radius 1 is 1.04 bits per heavy atom. The van der Waals surface area contributed by atoms with Crippen molar-refractivity contribution in [3.05, 3.63) is 64.7 Å². The van der Waals surface area contributed by atoms with Gasteiger partial charge in [0, 0.05) is 16.1 Å². The number of rotatable bonds is 5. The van der Waals surface area contributed by atoms with Crippen molar-refractivity contribution in [2.75, 3.05) is 6.26 Å². The van der Waals surface area contributed by atoms with E-state index < -0.39 is 21.9 Å². The van der Waals surface area contributed by atoms with Gasteiger partial charge < -0.3 is 9.92 Å². The number of carbonyl (C=O) groups excluding carboxylic acids is 2. The summed E-state index contributed by atoms with van der Waals surface area (Å²) in [7, 11) is -3.65. The maximum Gasteiger partial charge on any atom is 0.329 e. The van der Waals surface area contributed by atoms with Crippen LogP contribution in [0, 0.1) is 0 Å². The first-order valence-corrected chi connectivity index (χ1v) is 9.28. The third-order valence-corrected chi connectivity index (χ3v) is 3.73. The molecule has 0 aliphatic heterocycles. The standard InChI is InChI=1S/C16H14ClN3O5S/c1-26(23,24)25-13-8-4-11(5-9-13)14(19-20-16(22)15(18)21)10-2-6-12(17)7-3-10/h2-9H,1H3,(H2,18,21)(H,20,22)/b19-14+. The minimum atomic E-state index is -3.65. The average Bonchev–Trinajstić information content (AvgIpc) is 2.56. The molecule has 0 radical (unpaired) electrons. The van der Waals surface area contributed by atoms with Crippen molar-refractivity contribution in [2.24, 2.45) is 10.8 Å². The van der Waals surface area contributed by atoms with Gasteiger partial charge in [-0.1, -0.05) is 23.7 Å². The van der Waals surface area contributed by atoms with Crippen molar-refractivity contribution in [2.45, 2.75) is 0 Å². The molecule has 136 valence electrons. The second-order valence-corrected chi connectivity index (χ2v) is 7.10. The van der Waals surface area contributed by atoms with E-state index in [1.165, 1.54) is 12.1 Å². The number of amides is 2. The Morgan fingerprint density at radius 3 is 2.00 bits per heavy atom. The highest BCUT2D eigenvalue weighted by atomic mass is 35.5. The van der Waals surface area contributed by atoms with Crippen LogP contribution in [0.15, 0.2) is 53.6 Å². The summed E-state index contributed by atoms with van der Waals surface area (Å²) in [6.45, 7) is 0. The van der Waals surface area contributed by atoms with E-state index in [0.717, 1.165) is 6.26 Å². The molecule has 0 bridgehead atoms. The highest BCUT2D eigenvalue weighted by Crippen LogP contribution is 2.18. The van der Waals surface area contributed by atoms with Crippen molar-refractivity contribution in [1.82, 2.24) is 5.43 Å². The van der Waals surface area contributed by atoms with Gasteiger partial charge in [-0.15, -0.1) is 0 Å². The Kier molecular flexibility index (Phi) is 5.96. The lowest BCUT2D eigenvalue weighted by molar-refractivity contribution is -0.137. The number of nitrogens with one attached hydrogen (secondary N) is 1. The number of nitrogens with two attached hydrogens (primary N) is 1. The van der Waals surface area contributed by atoms with Crippen LogP contribution >= 0.6 is 11.6 Å². The zero-order chi connectivity index (χ0) is 19.3. The van der Waals surface area contributed by atoms with Crippen LogP contribution in [0.1, 0.15) is 11.1 Å². The number of hydrazone groups is 1. The van der Waals surface area contributed by atoms with Crippen molar-refractivity contribution in [3.8, 4) is 5.75 Å². The van der Waals surface area contributed by atoms with E-state index in [0.29, 0.717) is 21.9 Å². The minimum absolute atomic E-state index is 0.118. The van der Waals surface area contributed by atoms with Gasteiger partial charge in [0.1, 0.15) is 5.75 Å². The van der Waals surface area contributed by atoms with Gasteiger partial charge in [0.2, 0.25) is 0 Å². The number of hydrogen-bond acceptors (Lipinski definition) is 6. The molecule has 0 spiro atoms. The largest absolute Gasteiger partial charge is 0.383 e. The summed E-state index contributed by atoms with van der Waals surface area (Å²) in [6.07, 6.45) is 0.931. The highest BCUT2D eigenvalue weighted by molar-refractivity contribution is 7.86. The lowest BCUT2D eigenvalue weighted by Gasteiger charge is -2.09. The van der Waals surface area contributed by atoms with Crippen LogP contribution in [-0.2, 0) is 19.7 Å². The predicted molar refractivity (Wildman–Crippen MR) is 96.3 cm³/mol.